The zero-order valence-corrected chi connectivity index (χ0v) is 16.5. The standard InChI is InChI=1S/C20H15ClF3N3O3/c1-27-17(28)10-15(25-19(29)13-9-11(21)7-8-16(13)30-2)18(26-27)12-5-3-4-6-14(12)20(22,23)24/h3-10H,1-2H3,(H,25,29). The second-order valence-corrected chi connectivity index (χ2v) is 6.65. The predicted octanol–water partition coefficient (Wildman–Crippen LogP) is 4.38. The maximum atomic E-state index is 13.5. The fraction of sp³-hybridized carbons (Fsp3) is 0.150. The van der Waals surface area contributed by atoms with Crippen LogP contribution in [0.2, 0.25) is 5.02 Å². The number of rotatable bonds is 4. The van der Waals surface area contributed by atoms with Crippen molar-refractivity contribution in [3.8, 4) is 17.0 Å². The molecule has 1 N–H and O–H groups in total. The Morgan fingerprint density at radius 1 is 1.17 bits per heavy atom. The first kappa shape index (κ1) is 21.4. The van der Waals surface area contributed by atoms with Crippen molar-refractivity contribution in [3.63, 3.8) is 0 Å². The molecule has 156 valence electrons. The van der Waals surface area contributed by atoms with Gasteiger partial charge in [0.05, 0.1) is 23.9 Å². The average Bonchev–Trinajstić information content (AvgIpc) is 2.69. The van der Waals surface area contributed by atoms with Crippen LogP contribution in [0.25, 0.3) is 11.3 Å². The van der Waals surface area contributed by atoms with E-state index in [0.29, 0.717) is 0 Å². The van der Waals surface area contributed by atoms with Gasteiger partial charge in [-0.25, -0.2) is 4.68 Å². The Bertz CT molecular complexity index is 1180. The number of halogens is 4. The SMILES string of the molecule is COc1ccc(Cl)cc1C(=O)Nc1cc(=O)n(C)nc1-c1ccccc1C(F)(F)F. The van der Waals surface area contributed by atoms with Gasteiger partial charge in [0.25, 0.3) is 11.5 Å². The van der Waals surface area contributed by atoms with E-state index in [1.165, 1.54) is 50.6 Å². The molecule has 0 bridgehead atoms. The molecule has 0 fully saturated rings. The van der Waals surface area contributed by atoms with Crippen LogP contribution in [0.5, 0.6) is 5.75 Å². The normalized spacial score (nSPS) is 11.3. The van der Waals surface area contributed by atoms with Crippen LogP contribution in [-0.4, -0.2) is 22.8 Å². The van der Waals surface area contributed by atoms with Crippen molar-refractivity contribution in [1.29, 1.82) is 0 Å². The molecule has 2 aromatic carbocycles. The highest BCUT2D eigenvalue weighted by molar-refractivity contribution is 6.31. The van der Waals surface area contributed by atoms with Gasteiger partial charge in [0.15, 0.2) is 0 Å². The van der Waals surface area contributed by atoms with Crippen LogP contribution < -0.4 is 15.6 Å². The van der Waals surface area contributed by atoms with Crippen LogP contribution in [-0.2, 0) is 13.2 Å². The molecule has 0 atom stereocenters. The molecule has 0 aliphatic heterocycles. The third kappa shape index (κ3) is 4.30. The number of ether oxygens (including phenoxy) is 1. The molecule has 10 heteroatoms. The summed E-state index contributed by atoms with van der Waals surface area (Å²) < 4.78 is 46.5. The van der Waals surface area contributed by atoms with E-state index in [4.69, 9.17) is 16.3 Å². The van der Waals surface area contributed by atoms with Gasteiger partial charge < -0.3 is 10.1 Å². The Hall–Kier alpha value is -3.33. The second kappa shape index (κ2) is 8.19. The van der Waals surface area contributed by atoms with Crippen molar-refractivity contribution in [2.45, 2.75) is 6.18 Å². The minimum atomic E-state index is -4.66. The Morgan fingerprint density at radius 2 is 1.87 bits per heavy atom. The van der Waals surface area contributed by atoms with Crippen molar-refractivity contribution < 1.29 is 22.7 Å². The van der Waals surface area contributed by atoms with E-state index >= 15 is 0 Å². The van der Waals surface area contributed by atoms with E-state index in [9.17, 15) is 22.8 Å². The van der Waals surface area contributed by atoms with Gasteiger partial charge in [-0.05, 0) is 24.3 Å². The number of nitrogens with one attached hydrogen (secondary N) is 1. The highest BCUT2D eigenvalue weighted by Crippen LogP contribution is 2.38. The van der Waals surface area contributed by atoms with Crippen LogP contribution in [0.4, 0.5) is 18.9 Å². The third-order valence-electron chi connectivity index (χ3n) is 4.23. The number of amides is 1. The van der Waals surface area contributed by atoms with Crippen LogP contribution in [0.3, 0.4) is 0 Å². The number of alkyl halides is 3. The molecule has 6 nitrogen and oxygen atoms in total. The number of anilines is 1. The molecule has 30 heavy (non-hydrogen) atoms. The van der Waals surface area contributed by atoms with Crippen molar-refractivity contribution in [2.24, 2.45) is 7.05 Å². The van der Waals surface area contributed by atoms with E-state index in [-0.39, 0.29) is 33.3 Å². The molecule has 0 saturated heterocycles. The van der Waals surface area contributed by atoms with Gasteiger partial charge in [-0.3, -0.25) is 9.59 Å². The van der Waals surface area contributed by atoms with E-state index in [0.717, 1.165) is 16.8 Å². The van der Waals surface area contributed by atoms with Gasteiger partial charge >= 0.3 is 6.18 Å². The first-order chi connectivity index (χ1) is 14.1. The second-order valence-electron chi connectivity index (χ2n) is 6.21. The molecule has 0 aliphatic rings. The Labute approximate surface area is 173 Å². The topological polar surface area (TPSA) is 73.2 Å². The molecule has 0 aliphatic carbocycles. The molecule has 1 aromatic heterocycles. The van der Waals surface area contributed by atoms with Crippen LogP contribution in [0, 0.1) is 0 Å². The number of nitrogens with zero attached hydrogens (tertiary/aromatic N) is 2. The lowest BCUT2D eigenvalue weighted by Crippen LogP contribution is -2.23. The smallest absolute Gasteiger partial charge is 0.417 e. The summed E-state index contributed by atoms with van der Waals surface area (Å²) in [4.78, 5) is 24.9. The zero-order valence-electron chi connectivity index (χ0n) is 15.7. The molecule has 0 unspecified atom stereocenters. The molecule has 3 aromatic rings. The number of carbonyl (C=O) groups is 1. The third-order valence-corrected chi connectivity index (χ3v) is 4.47. The quantitative estimate of drug-likeness (QED) is 0.657. The number of benzene rings is 2. The minimum absolute atomic E-state index is 0.0423. The molecule has 0 saturated carbocycles. The molecule has 0 spiro atoms. The van der Waals surface area contributed by atoms with Crippen molar-refractivity contribution >= 4 is 23.2 Å². The van der Waals surface area contributed by atoms with E-state index in [2.05, 4.69) is 10.4 Å². The van der Waals surface area contributed by atoms with Crippen molar-refractivity contribution in [3.05, 3.63) is 75.0 Å². The summed E-state index contributed by atoms with van der Waals surface area (Å²) >= 11 is 5.94. The number of hydrogen-bond donors (Lipinski definition) is 1. The Kier molecular flexibility index (Phi) is 5.84. The van der Waals surface area contributed by atoms with Gasteiger partial charge in [-0.2, -0.15) is 18.3 Å². The average molecular weight is 438 g/mol. The molecule has 0 radical (unpaired) electrons. The lowest BCUT2D eigenvalue weighted by atomic mass is 10.0. The number of hydrogen-bond acceptors (Lipinski definition) is 4. The van der Waals surface area contributed by atoms with E-state index in [1.807, 2.05) is 0 Å². The number of methoxy groups -OCH3 is 1. The number of carbonyl (C=O) groups excluding carboxylic acids is 1. The van der Waals surface area contributed by atoms with Crippen molar-refractivity contribution in [2.75, 3.05) is 12.4 Å². The van der Waals surface area contributed by atoms with Crippen LogP contribution in [0.1, 0.15) is 15.9 Å². The number of aryl methyl sites for hydroxylation is 1. The minimum Gasteiger partial charge on any atom is -0.496 e. The van der Waals surface area contributed by atoms with E-state index in [1.54, 1.807) is 0 Å². The molecular weight excluding hydrogens is 423 g/mol. The summed E-state index contributed by atoms with van der Waals surface area (Å²) in [6.45, 7) is 0. The molecular formula is C20H15ClF3N3O3. The first-order valence-corrected chi connectivity index (χ1v) is 8.89. The fourth-order valence-corrected chi connectivity index (χ4v) is 2.99. The summed E-state index contributed by atoms with van der Waals surface area (Å²) in [7, 11) is 2.65. The zero-order chi connectivity index (χ0) is 22.1. The molecule has 1 amide bonds. The lowest BCUT2D eigenvalue weighted by molar-refractivity contribution is -0.137. The Morgan fingerprint density at radius 3 is 2.53 bits per heavy atom. The van der Waals surface area contributed by atoms with Gasteiger partial charge in [-0.1, -0.05) is 29.8 Å². The molecule has 3 rings (SSSR count). The largest absolute Gasteiger partial charge is 0.496 e. The lowest BCUT2D eigenvalue weighted by Gasteiger charge is -2.16. The highest BCUT2D eigenvalue weighted by atomic mass is 35.5. The molecule has 1 heterocycles. The fourth-order valence-electron chi connectivity index (χ4n) is 2.82. The summed E-state index contributed by atoms with van der Waals surface area (Å²) in [5.74, 6) is -0.527. The number of aromatic nitrogens is 2. The first-order valence-electron chi connectivity index (χ1n) is 8.51. The monoisotopic (exact) mass is 437 g/mol. The van der Waals surface area contributed by atoms with E-state index < -0.39 is 23.2 Å². The van der Waals surface area contributed by atoms with Crippen LogP contribution >= 0.6 is 11.6 Å². The summed E-state index contributed by atoms with van der Waals surface area (Å²) in [6, 6.07) is 10.1. The maximum absolute atomic E-state index is 13.5. The Balaban J connectivity index is 2.15. The van der Waals surface area contributed by atoms with Gasteiger partial charge in [0.2, 0.25) is 0 Å². The highest BCUT2D eigenvalue weighted by Gasteiger charge is 2.34. The predicted molar refractivity (Wildman–Crippen MR) is 106 cm³/mol. The summed E-state index contributed by atoms with van der Waals surface area (Å²) in [5, 5.41) is 6.66. The summed E-state index contributed by atoms with van der Waals surface area (Å²) in [5.41, 5.74) is -2.19. The van der Waals surface area contributed by atoms with Gasteiger partial charge in [-0.15, -0.1) is 0 Å². The van der Waals surface area contributed by atoms with Gasteiger partial charge in [0.1, 0.15) is 11.4 Å². The maximum Gasteiger partial charge on any atom is 0.417 e. The van der Waals surface area contributed by atoms with Crippen molar-refractivity contribution in [1.82, 2.24) is 9.78 Å². The van der Waals surface area contributed by atoms with Gasteiger partial charge in [0, 0.05) is 23.7 Å². The van der Waals surface area contributed by atoms with Crippen LogP contribution in [0.15, 0.2) is 53.3 Å². The summed E-state index contributed by atoms with van der Waals surface area (Å²) in [6.07, 6.45) is -4.66.